The van der Waals surface area contributed by atoms with Gasteiger partial charge in [0.2, 0.25) is 27.7 Å². The molecule has 12 heteroatoms. The van der Waals surface area contributed by atoms with Crippen LogP contribution >= 0.6 is 0 Å². The molecule has 0 atom stereocenters. The summed E-state index contributed by atoms with van der Waals surface area (Å²) in [5, 5.41) is 9.91. The normalized spacial score (nSPS) is 15.7. The Morgan fingerprint density at radius 1 is 1.18 bits per heavy atom. The number of carbonyl (C=O) groups is 2. The summed E-state index contributed by atoms with van der Waals surface area (Å²) < 4.78 is 35.9. The molecule has 1 saturated carbocycles. The first-order valence-electron chi connectivity index (χ1n) is 11.2. The number of sulfonamides is 1. The third-order valence-electron chi connectivity index (χ3n) is 5.62. The van der Waals surface area contributed by atoms with Crippen LogP contribution in [-0.4, -0.2) is 43.7 Å². The maximum Gasteiger partial charge on any atom is 0.229 e. The minimum Gasteiger partial charge on any atom is -0.494 e. The van der Waals surface area contributed by atoms with E-state index in [0.29, 0.717) is 17.4 Å². The Morgan fingerprint density at radius 2 is 1.88 bits per heavy atom. The predicted molar refractivity (Wildman–Crippen MR) is 126 cm³/mol. The van der Waals surface area contributed by atoms with Crippen molar-refractivity contribution in [2.75, 3.05) is 23.4 Å². The molecule has 0 radical (unpaired) electrons. The third kappa shape index (κ3) is 6.92. The highest BCUT2D eigenvalue weighted by Crippen LogP contribution is 2.34. The van der Waals surface area contributed by atoms with Gasteiger partial charge in [0.05, 0.1) is 19.1 Å². The van der Waals surface area contributed by atoms with E-state index in [-0.39, 0.29) is 36.1 Å². The summed E-state index contributed by atoms with van der Waals surface area (Å²) >= 11 is 0. The van der Waals surface area contributed by atoms with Gasteiger partial charge in [-0.3, -0.25) is 14.3 Å². The van der Waals surface area contributed by atoms with Crippen LogP contribution < -0.4 is 20.1 Å². The van der Waals surface area contributed by atoms with Gasteiger partial charge in [0.1, 0.15) is 11.3 Å². The van der Waals surface area contributed by atoms with Crippen LogP contribution in [0.2, 0.25) is 0 Å². The maximum absolute atomic E-state index is 12.5. The molecule has 1 aromatic heterocycles. The van der Waals surface area contributed by atoms with E-state index in [4.69, 9.17) is 9.26 Å². The molecule has 11 nitrogen and oxygen atoms in total. The number of ether oxygens (including phenoxy) is 1. The minimum absolute atomic E-state index is 0.0976. The molecule has 0 spiro atoms. The largest absolute Gasteiger partial charge is 0.494 e. The topological polar surface area (TPSA) is 153 Å². The molecule has 1 heterocycles. The second-order valence-corrected chi connectivity index (χ2v) is 10.3. The molecule has 1 aliphatic rings. The van der Waals surface area contributed by atoms with E-state index in [2.05, 4.69) is 25.5 Å². The smallest absolute Gasteiger partial charge is 0.229 e. The lowest BCUT2D eigenvalue weighted by Gasteiger charge is -2.30. The number of benzene rings is 1. The lowest BCUT2D eigenvalue weighted by Crippen LogP contribution is -2.45. The lowest BCUT2D eigenvalue weighted by atomic mass is 9.89. The summed E-state index contributed by atoms with van der Waals surface area (Å²) in [6.45, 7) is 1.48. The minimum atomic E-state index is -3.47. The van der Waals surface area contributed by atoms with Gasteiger partial charge in [0.25, 0.3) is 0 Å². The molecule has 0 saturated heterocycles. The van der Waals surface area contributed by atoms with Gasteiger partial charge >= 0.3 is 0 Å². The molecular formula is C22H31N5O6S. The highest BCUT2D eigenvalue weighted by atomic mass is 32.2. The summed E-state index contributed by atoms with van der Waals surface area (Å²) in [4.78, 5) is 28.8. The quantitative estimate of drug-likeness (QED) is 0.451. The molecule has 3 rings (SSSR count). The number of anilines is 2. The zero-order valence-electron chi connectivity index (χ0n) is 19.6. The SMILES string of the molecule is COc1cc(NC(=O)CCc2nc(C3(NC(C)=O)CCCCCC3)no2)ccc1NS(C)(=O)=O. The Balaban J connectivity index is 1.63. The van der Waals surface area contributed by atoms with Gasteiger partial charge in [0.15, 0.2) is 5.82 Å². The number of hydrogen-bond acceptors (Lipinski definition) is 8. The Kier molecular flexibility index (Phi) is 8.13. The molecule has 2 amide bonds. The fourth-order valence-electron chi connectivity index (χ4n) is 4.12. The van der Waals surface area contributed by atoms with Gasteiger partial charge in [-0.15, -0.1) is 0 Å². The molecule has 0 bridgehead atoms. The maximum atomic E-state index is 12.5. The first-order valence-corrected chi connectivity index (χ1v) is 13.1. The van der Waals surface area contributed by atoms with Gasteiger partial charge < -0.3 is 19.9 Å². The molecule has 1 aromatic carbocycles. The average Bonchev–Trinajstić information content (AvgIpc) is 3.12. The van der Waals surface area contributed by atoms with Gasteiger partial charge in [-0.25, -0.2) is 8.42 Å². The van der Waals surface area contributed by atoms with E-state index >= 15 is 0 Å². The molecule has 2 aromatic rings. The van der Waals surface area contributed by atoms with Crippen molar-refractivity contribution >= 4 is 33.2 Å². The van der Waals surface area contributed by atoms with E-state index < -0.39 is 15.6 Å². The van der Waals surface area contributed by atoms with E-state index in [9.17, 15) is 18.0 Å². The van der Waals surface area contributed by atoms with Gasteiger partial charge in [-0.1, -0.05) is 30.8 Å². The fraction of sp³-hybridized carbons (Fsp3) is 0.545. The third-order valence-corrected chi connectivity index (χ3v) is 6.21. The van der Waals surface area contributed by atoms with E-state index in [1.54, 1.807) is 6.07 Å². The van der Waals surface area contributed by atoms with Crippen molar-refractivity contribution in [3.05, 3.63) is 29.9 Å². The van der Waals surface area contributed by atoms with Crippen LogP contribution in [0.5, 0.6) is 5.75 Å². The number of amides is 2. The summed E-state index contributed by atoms with van der Waals surface area (Å²) in [6.07, 6.45) is 7.00. The van der Waals surface area contributed by atoms with E-state index in [0.717, 1.165) is 44.8 Å². The Labute approximate surface area is 199 Å². The number of hydrogen-bond donors (Lipinski definition) is 3. The van der Waals surface area contributed by atoms with Gasteiger partial charge in [-0.2, -0.15) is 4.98 Å². The molecule has 0 aliphatic heterocycles. The molecule has 186 valence electrons. The summed E-state index contributed by atoms with van der Waals surface area (Å²) in [6, 6.07) is 4.61. The number of rotatable bonds is 9. The van der Waals surface area contributed by atoms with Crippen LogP contribution in [0.4, 0.5) is 11.4 Å². The number of aromatic nitrogens is 2. The van der Waals surface area contributed by atoms with Crippen molar-refractivity contribution in [1.29, 1.82) is 0 Å². The Morgan fingerprint density at radius 3 is 2.50 bits per heavy atom. The number of nitrogens with zero attached hydrogens (tertiary/aromatic N) is 2. The van der Waals surface area contributed by atoms with Crippen molar-refractivity contribution in [1.82, 2.24) is 15.5 Å². The van der Waals surface area contributed by atoms with Crippen molar-refractivity contribution < 1.29 is 27.3 Å². The first-order chi connectivity index (χ1) is 16.1. The predicted octanol–water partition coefficient (Wildman–Crippen LogP) is 2.71. The highest BCUT2D eigenvalue weighted by Gasteiger charge is 2.38. The van der Waals surface area contributed by atoms with Crippen LogP contribution in [-0.2, 0) is 31.6 Å². The summed E-state index contributed by atoms with van der Waals surface area (Å²) in [7, 11) is -2.06. The lowest BCUT2D eigenvalue weighted by molar-refractivity contribution is -0.121. The number of methoxy groups -OCH3 is 1. The van der Waals surface area contributed by atoms with E-state index in [1.807, 2.05) is 0 Å². The molecular weight excluding hydrogens is 462 g/mol. The molecule has 3 N–H and O–H groups in total. The second-order valence-electron chi connectivity index (χ2n) is 8.53. The van der Waals surface area contributed by atoms with Crippen molar-refractivity contribution in [2.45, 2.75) is 63.8 Å². The standard InChI is InChI=1S/C22H31N5O6S/c1-15(28)25-22(12-6-4-5-7-13-22)21-24-20(33-26-21)11-10-19(29)23-16-8-9-17(18(14-16)32-2)27-34(3,30)31/h8-9,14,27H,4-7,10-13H2,1-3H3,(H,23,29)(H,25,28). The van der Waals surface area contributed by atoms with Crippen molar-refractivity contribution in [3.8, 4) is 5.75 Å². The Bertz CT molecular complexity index is 1120. The second kappa shape index (κ2) is 10.9. The monoisotopic (exact) mass is 493 g/mol. The zero-order chi connectivity index (χ0) is 24.8. The molecule has 34 heavy (non-hydrogen) atoms. The van der Waals surface area contributed by atoms with Crippen LogP contribution in [0.15, 0.2) is 22.7 Å². The van der Waals surface area contributed by atoms with Crippen molar-refractivity contribution in [2.24, 2.45) is 0 Å². The average molecular weight is 494 g/mol. The van der Waals surface area contributed by atoms with Crippen molar-refractivity contribution in [3.63, 3.8) is 0 Å². The van der Waals surface area contributed by atoms with E-state index in [1.165, 1.54) is 26.2 Å². The number of aryl methyl sites for hydroxylation is 1. The number of nitrogens with one attached hydrogen (secondary N) is 3. The van der Waals surface area contributed by atoms with Crippen LogP contribution in [0.3, 0.4) is 0 Å². The van der Waals surface area contributed by atoms with Gasteiger partial charge in [-0.05, 0) is 25.0 Å². The Hall–Kier alpha value is -3.15. The first kappa shape index (κ1) is 25.5. The highest BCUT2D eigenvalue weighted by molar-refractivity contribution is 7.92. The van der Waals surface area contributed by atoms with Gasteiger partial charge in [0, 0.05) is 31.5 Å². The molecule has 1 fully saturated rings. The molecule has 0 unspecified atom stereocenters. The number of carbonyl (C=O) groups excluding carboxylic acids is 2. The van der Waals surface area contributed by atoms with Crippen LogP contribution in [0, 0.1) is 0 Å². The van der Waals surface area contributed by atoms with Crippen LogP contribution in [0.25, 0.3) is 0 Å². The summed E-state index contributed by atoms with van der Waals surface area (Å²) in [5.41, 5.74) is 0.0909. The zero-order valence-corrected chi connectivity index (χ0v) is 20.5. The fourth-order valence-corrected chi connectivity index (χ4v) is 4.69. The molecule has 1 aliphatic carbocycles. The summed E-state index contributed by atoms with van der Waals surface area (Å²) in [5.74, 6) is 0.636. The van der Waals surface area contributed by atoms with Crippen LogP contribution in [0.1, 0.15) is 63.6 Å².